The van der Waals surface area contributed by atoms with Crippen LogP contribution in [0, 0.1) is 0 Å². The molecule has 4 heteroatoms. The van der Waals surface area contributed by atoms with Crippen molar-refractivity contribution in [3.05, 3.63) is 180 Å². The molecular weight excluding hydrogens is 574 g/mol. The van der Waals surface area contributed by atoms with Crippen LogP contribution in [0.4, 0.5) is 0 Å². The second-order valence-electron chi connectivity index (χ2n) is 12.1. The third kappa shape index (κ3) is 5.05. The zero-order valence-electron chi connectivity index (χ0n) is 25.6. The first-order chi connectivity index (χ1) is 23.3. The van der Waals surface area contributed by atoms with Crippen molar-refractivity contribution in [2.45, 2.75) is 12.3 Å². The summed E-state index contributed by atoms with van der Waals surface area (Å²) in [6.07, 6.45) is -0.451. The predicted molar refractivity (Wildman–Crippen MR) is 193 cm³/mol. The third-order valence-electron chi connectivity index (χ3n) is 9.18. The van der Waals surface area contributed by atoms with Crippen LogP contribution in [-0.2, 0) is 0 Å². The first-order valence-corrected chi connectivity index (χ1v) is 16.0. The molecule has 224 valence electrons. The predicted octanol–water partition coefficient (Wildman–Crippen LogP) is 10.4. The van der Waals surface area contributed by atoms with Crippen LogP contribution in [0.3, 0.4) is 0 Å². The number of para-hydroxylation sites is 1. The molecule has 8 aromatic rings. The molecule has 2 N–H and O–H groups in total. The van der Waals surface area contributed by atoms with Gasteiger partial charge in [0, 0.05) is 21.9 Å². The maximum absolute atomic E-state index is 6.26. The lowest BCUT2D eigenvalue weighted by Crippen LogP contribution is -2.45. The number of hydrogen-bond acceptors (Lipinski definition) is 4. The van der Waals surface area contributed by atoms with Crippen LogP contribution in [-0.4, -0.2) is 5.84 Å². The van der Waals surface area contributed by atoms with Gasteiger partial charge >= 0.3 is 0 Å². The summed E-state index contributed by atoms with van der Waals surface area (Å²) in [5, 5.41) is 12.2. The Kier molecular flexibility index (Phi) is 6.65. The second-order valence-corrected chi connectivity index (χ2v) is 12.1. The van der Waals surface area contributed by atoms with E-state index in [1.54, 1.807) is 0 Å². The number of nitrogens with one attached hydrogen (secondary N) is 2. The number of amidine groups is 1. The van der Waals surface area contributed by atoms with E-state index in [0.717, 1.165) is 44.5 Å². The van der Waals surface area contributed by atoms with E-state index < -0.39 is 0 Å². The third-order valence-corrected chi connectivity index (χ3v) is 9.18. The summed E-state index contributed by atoms with van der Waals surface area (Å²) < 4.78 is 6.26. The van der Waals surface area contributed by atoms with E-state index in [2.05, 4.69) is 150 Å². The average molecular weight is 606 g/mol. The Morgan fingerprint density at radius 2 is 1.11 bits per heavy atom. The normalized spacial score (nSPS) is 16.3. The van der Waals surface area contributed by atoms with Gasteiger partial charge in [-0.3, -0.25) is 5.32 Å². The molecule has 1 aromatic heterocycles. The number of fused-ring (bicyclic) bond motifs is 4. The Bertz CT molecular complexity index is 2410. The van der Waals surface area contributed by atoms with Crippen molar-refractivity contribution >= 4 is 38.5 Å². The lowest BCUT2D eigenvalue weighted by Gasteiger charge is -2.32. The highest BCUT2D eigenvalue weighted by atomic mass is 16.3. The molecule has 4 nitrogen and oxygen atoms in total. The number of benzene rings is 7. The van der Waals surface area contributed by atoms with Crippen molar-refractivity contribution in [1.82, 2.24) is 10.6 Å². The minimum atomic E-state index is -0.250. The molecule has 0 aliphatic carbocycles. The molecule has 0 spiro atoms. The van der Waals surface area contributed by atoms with Gasteiger partial charge in [0.05, 0.1) is 0 Å². The lowest BCUT2D eigenvalue weighted by molar-refractivity contribution is 0.411. The Hall–Kier alpha value is -5.97. The van der Waals surface area contributed by atoms with Gasteiger partial charge in [0.2, 0.25) is 0 Å². The molecule has 0 amide bonds. The summed E-state index contributed by atoms with van der Waals surface area (Å²) in [6.45, 7) is 0. The Morgan fingerprint density at radius 1 is 0.489 bits per heavy atom. The summed E-state index contributed by atoms with van der Waals surface area (Å²) in [4.78, 5) is 5.25. The highest BCUT2D eigenvalue weighted by molar-refractivity contribution is 6.07. The van der Waals surface area contributed by atoms with Crippen molar-refractivity contribution in [2.24, 2.45) is 4.99 Å². The molecule has 2 atom stereocenters. The fourth-order valence-electron chi connectivity index (χ4n) is 6.76. The minimum Gasteiger partial charge on any atom is -0.456 e. The monoisotopic (exact) mass is 605 g/mol. The number of rotatable bonds is 5. The van der Waals surface area contributed by atoms with Gasteiger partial charge in [-0.25, -0.2) is 4.99 Å². The Balaban J connectivity index is 1.10. The molecule has 1 aliphatic rings. The summed E-state index contributed by atoms with van der Waals surface area (Å²) in [5.74, 6) is 0.850. The molecule has 2 heterocycles. The Morgan fingerprint density at radius 3 is 1.87 bits per heavy atom. The Labute approximate surface area is 273 Å². The van der Waals surface area contributed by atoms with Crippen molar-refractivity contribution in [1.29, 1.82) is 0 Å². The van der Waals surface area contributed by atoms with E-state index in [4.69, 9.17) is 9.41 Å². The van der Waals surface area contributed by atoms with Crippen molar-refractivity contribution in [2.75, 3.05) is 0 Å². The fourth-order valence-corrected chi connectivity index (χ4v) is 6.76. The van der Waals surface area contributed by atoms with Gasteiger partial charge < -0.3 is 9.73 Å². The van der Waals surface area contributed by atoms with Gasteiger partial charge in [0.15, 0.2) is 0 Å². The van der Waals surface area contributed by atoms with E-state index >= 15 is 0 Å². The summed E-state index contributed by atoms with van der Waals surface area (Å²) in [6, 6.07) is 57.6. The van der Waals surface area contributed by atoms with Crippen LogP contribution in [0.15, 0.2) is 173 Å². The highest BCUT2D eigenvalue weighted by Crippen LogP contribution is 2.36. The van der Waals surface area contributed by atoms with Gasteiger partial charge in [-0.05, 0) is 56.8 Å². The van der Waals surface area contributed by atoms with Crippen LogP contribution >= 0.6 is 0 Å². The van der Waals surface area contributed by atoms with Gasteiger partial charge in [-0.1, -0.05) is 146 Å². The standard InChI is InChI=1S/C43H31N3O/c1-2-9-28(10-3-1)30-17-19-31(20-18-30)32-21-24-33(25-22-32)41-44-42(35-26-23-29-11-4-5-12-34(29)27-35)46-43(45-41)37-14-8-16-39-40(37)36-13-6-7-15-38(36)47-39/h1-27,42-43,46H,(H,44,45). The smallest absolute Gasteiger partial charge is 0.135 e. The van der Waals surface area contributed by atoms with Crippen LogP contribution in [0.5, 0.6) is 0 Å². The van der Waals surface area contributed by atoms with Crippen LogP contribution < -0.4 is 10.6 Å². The zero-order valence-corrected chi connectivity index (χ0v) is 25.6. The molecule has 0 fully saturated rings. The molecule has 9 rings (SSSR count). The number of aliphatic imine (C=N–C) groups is 1. The molecule has 0 bridgehead atoms. The zero-order chi connectivity index (χ0) is 31.2. The maximum atomic E-state index is 6.26. The van der Waals surface area contributed by atoms with Gasteiger partial charge in [-0.15, -0.1) is 0 Å². The number of hydrogen-bond donors (Lipinski definition) is 2. The van der Waals surface area contributed by atoms with E-state index in [9.17, 15) is 0 Å². The molecule has 2 unspecified atom stereocenters. The number of furan rings is 1. The van der Waals surface area contributed by atoms with Crippen LogP contribution in [0.2, 0.25) is 0 Å². The summed E-state index contributed by atoms with van der Waals surface area (Å²) in [5.41, 5.74) is 9.83. The first-order valence-electron chi connectivity index (χ1n) is 16.0. The maximum Gasteiger partial charge on any atom is 0.135 e. The molecule has 0 radical (unpaired) electrons. The summed E-state index contributed by atoms with van der Waals surface area (Å²) in [7, 11) is 0. The molecule has 0 saturated heterocycles. The molecule has 0 saturated carbocycles. The lowest BCUT2D eigenvalue weighted by atomic mass is 9.98. The van der Waals surface area contributed by atoms with E-state index in [1.807, 2.05) is 24.3 Å². The van der Waals surface area contributed by atoms with Crippen molar-refractivity contribution in [3.63, 3.8) is 0 Å². The van der Waals surface area contributed by atoms with E-state index in [1.165, 1.54) is 33.0 Å². The molecule has 7 aromatic carbocycles. The van der Waals surface area contributed by atoms with Gasteiger partial charge in [-0.2, -0.15) is 0 Å². The van der Waals surface area contributed by atoms with Gasteiger partial charge in [0.1, 0.15) is 29.3 Å². The topological polar surface area (TPSA) is 49.6 Å². The fraction of sp³-hybridized carbons (Fsp3) is 0.0465. The highest BCUT2D eigenvalue weighted by Gasteiger charge is 2.28. The van der Waals surface area contributed by atoms with Gasteiger partial charge in [0.25, 0.3) is 0 Å². The largest absolute Gasteiger partial charge is 0.456 e. The number of nitrogens with zero attached hydrogens (tertiary/aromatic N) is 1. The summed E-state index contributed by atoms with van der Waals surface area (Å²) >= 11 is 0. The molecular formula is C43H31N3O. The van der Waals surface area contributed by atoms with Crippen LogP contribution in [0.1, 0.15) is 29.0 Å². The van der Waals surface area contributed by atoms with Crippen molar-refractivity contribution < 1.29 is 4.42 Å². The molecule has 1 aliphatic heterocycles. The minimum absolute atomic E-state index is 0.200. The quantitative estimate of drug-likeness (QED) is 0.205. The van der Waals surface area contributed by atoms with E-state index in [0.29, 0.717) is 0 Å². The SMILES string of the molecule is c1ccc(-c2ccc(-c3ccc(C4=NC(c5ccc6ccccc6c5)NC(c5cccc6oc7ccccc7c56)N4)cc3)cc2)cc1. The van der Waals surface area contributed by atoms with Crippen LogP contribution in [0.25, 0.3) is 55.0 Å². The van der Waals surface area contributed by atoms with Crippen molar-refractivity contribution in [3.8, 4) is 22.3 Å². The second kappa shape index (κ2) is 11.4. The average Bonchev–Trinajstić information content (AvgIpc) is 3.54. The molecule has 47 heavy (non-hydrogen) atoms. The first kappa shape index (κ1) is 27.3. The van der Waals surface area contributed by atoms with E-state index in [-0.39, 0.29) is 12.3 Å².